The first kappa shape index (κ1) is 16.0. The van der Waals surface area contributed by atoms with Crippen LogP contribution in [0.5, 0.6) is 5.75 Å². The van der Waals surface area contributed by atoms with Gasteiger partial charge in [-0.15, -0.1) is 0 Å². The third-order valence-electron chi connectivity index (χ3n) is 2.82. The number of nitro groups is 1. The van der Waals surface area contributed by atoms with Gasteiger partial charge in [-0.1, -0.05) is 18.2 Å². The molecule has 0 aromatic heterocycles. The number of rotatable bonds is 5. The van der Waals surface area contributed by atoms with Crippen LogP contribution in [0.25, 0.3) is 0 Å². The number of ether oxygens (including phenoxy) is 1. The van der Waals surface area contributed by atoms with Gasteiger partial charge < -0.3 is 10.1 Å². The van der Waals surface area contributed by atoms with E-state index in [4.69, 9.17) is 4.74 Å². The van der Waals surface area contributed by atoms with Crippen LogP contribution in [0.3, 0.4) is 0 Å². The van der Waals surface area contributed by atoms with Crippen molar-refractivity contribution >= 4 is 33.2 Å². The maximum atomic E-state index is 11.9. The molecule has 0 saturated heterocycles. The first-order valence-corrected chi connectivity index (χ1v) is 7.19. The quantitative estimate of drug-likeness (QED) is 0.647. The van der Waals surface area contributed by atoms with Crippen molar-refractivity contribution in [2.45, 2.75) is 6.92 Å². The molecule has 1 N–H and O–H groups in total. The number of carbonyl (C=O) groups is 1. The topological polar surface area (TPSA) is 81.5 Å². The number of aryl methyl sites for hydroxylation is 1. The number of hydrogen-bond donors (Lipinski definition) is 1. The van der Waals surface area contributed by atoms with Crippen molar-refractivity contribution in [3.63, 3.8) is 0 Å². The number of nitro benzene ring substituents is 1. The summed E-state index contributed by atoms with van der Waals surface area (Å²) in [6.45, 7) is 1.43. The molecule has 0 unspecified atom stereocenters. The highest BCUT2D eigenvalue weighted by Gasteiger charge is 2.16. The Balaban J connectivity index is 2.03. The Morgan fingerprint density at radius 2 is 2.05 bits per heavy atom. The van der Waals surface area contributed by atoms with Gasteiger partial charge in [-0.25, -0.2) is 0 Å². The number of nitrogens with zero attached hydrogens (tertiary/aromatic N) is 1. The number of halogens is 1. The average Bonchev–Trinajstić information content (AvgIpc) is 2.48. The first-order valence-electron chi connectivity index (χ1n) is 6.39. The second kappa shape index (κ2) is 7.04. The number of benzene rings is 2. The van der Waals surface area contributed by atoms with Crippen LogP contribution in [0.1, 0.15) is 5.56 Å². The highest BCUT2D eigenvalue weighted by Crippen LogP contribution is 2.27. The van der Waals surface area contributed by atoms with Crippen LogP contribution < -0.4 is 10.1 Å². The van der Waals surface area contributed by atoms with Gasteiger partial charge in [-0.2, -0.15) is 0 Å². The molecule has 1 amide bonds. The molecule has 0 radical (unpaired) electrons. The van der Waals surface area contributed by atoms with Gasteiger partial charge >= 0.3 is 5.69 Å². The van der Waals surface area contributed by atoms with Gasteiger partial charge in [-0.3, -0.25) is 14.9 Å². The lowest BCUT2D eigenvalue weighted by Gasteiger charge is -2.09. The van der Waals surface area contributed by atoms with E-state index in [1.54, 1.807) is 31.2 Å². The van der Waals surface area contributed by atoms with Crippen molar-refractivity contribution in [3.8, 4) is 5.75 Å². The molecule has 0 aliphatic carbocycles. The second-order valence-electron chi connectivity index (χ2n) is 4.54. The predicted octanol–water partition coefficient (Wildman–Crippen LogP) is 3.68. The van der Waals surface area contributed by atoms with Crippen LogP contribution in [0.4, 0.5) is 11.4 Å². The third-order valence-corrected chi connectivity index (χ3v) is 3.51. The van der Waals surface area contributed by atoms with Crippen LogP contribution in [0.15, 0.2) is 46.9 Å². The monoisotopic (exact) mass is 364 g/mol. The summed E-state index contributed by atoms with van der Waals surface area (Å²) in [6.07, 6.45) is 0. The average molecular weight is 365 g/mol. The Morgan fingerprint density at radius 1 is 1.32 bits per heavy atom. The molecule has 7 heteroatoms. The molecular formula is C15H13BrN2O4. The Morgan fingerprint density at radius 3 is 2.73 bits per heavy atom. The lowest BCUT2D eigenvalue weighted by molar-refractivity contribution is -0.385. The maximum Gasteiger partial charge on any atom is 0.311 e. The summed E-state index contributed by atoms with van der Waals surface area (Å²) >= 11 is 3.31. The molecule has 114 valence electrons. The van der Waals surface area contributed by atoms with E-state index >= 15 is 0 Å². The van der Waals surface area contributed by atoms with Crippen LogP contribution in [-0.4, -0.2) is 17.4 Å². The van der Waals surface area contributed by atoms with Crippen LogP contribution >= 0.6 is 15.9 Å². The summed E-state index contributed by atoms with van der Waals surface area (Å²) in [5.74, 6) is -0.334. The maximum absolute atomic E-state index is 11.9. The summed E-state index contributed by atoms with van der Waals surface area (Å²) in [5, 5.41) is 13.6. The van der Waals surface area contributed by atoms with E-state index in [-0.39, 0.29) is 18.0 Å². The van der Waals surface area contributed by atoms with Crippen molar-refractivity contribution in [2.75, 3.05) is 11.9 Å². The molecule has 0 saturated carbocycles. The van der Waals surface area contributed by atoms with E-state index in [0.717, 1.165) is 10.0 Å². The summed E-state index contributed by atoms with van der Waals surface area (Å²) < 4.78 is 6.00. The second-order valence-corrected chi connectivity index (χ2v) is 5.40. The highest BCUT2D eigenvalue weighted by molar-refractivity contribution is 9.10. The van der Waals surface area contributed by atoms with E-state index in [0.29, 0.717) is 5.69 Å². The minimum atomic E-state index is -0.534. The van der Waals surface area contributed by atoms with Crippen LogP contribution in [-0.2, 0) is 4.79 Å². The van der Waals surface area contributed by atoms with Crippen LogP contribution in [0.2, 0.25) is 0 Å². The number of anilines is 1. The molecule has 0 heterocycles. The fourth-order valence-electron chi connectivity index (χ4n) is 1.78. The van der Waals surface area contributed by atoms with Gasteiger partial charge in [0, 0.05) is 10.5 Å². The highest BCUT2D eigenvalue weighted by atomic mass is 79.9. The van der Waals surface area contributed by atoms with E-state index in [2.05, 4.69) is 21.2 Å². The number of nitrogens with one attached hydrogen (secondary N) is 1. The fraction of sp³-hybridized carbons (Fsp3) is 0.133. The van der Waals surface area contributed by atoms with Gasteiger partial charge in [0.25, 0.3) is 5.91 Å². The van der Waals surface area contributed by atoms with Crippen molar-refractivity contribution < 1.29 is 14.5 Å². The normalized spacial score (nSPS) is 10.1. The molecule has 0 spiro atoms. The zero-order chi connectivity index (χ0) is 16.1. The molecule has 0 aliphatic heterocycles. The number of hydrogen-bond acceptors (Lipinski definition) is 4. The van der Waals surface area contributed by atoms with Gasteiger partial charge in [0.05, 0.1) is 10.6 Å². The van der Waals surface area contributed by atoms with Gasteiger partial charge in [0.1, 0.15) is 0 Å². The zero-order valence-corrected chi connectivity index (χ0v) is 13.3. The van der Waals surface area contributed by atoms with Gasteiger partial charge in [-0.05, 0) is 46.6 Å². The summed E-state index contributed by atoms with van der Waals surface area (Å²) in [5.41, 5.74) is 1.19. The Hall–Kier alpha value is -2.41. The first-order chi connectivity index (χ1) is 10.5. The number of carbonyl (C=O) groups excluding carboxylic acids is 1. The summed E-state index contributed by atoms with van der Waals surface area (Å²) in [6, 6.07) is 11.7. The molecule has 0 aliphatic rings. The Labute approximate surface area is 135 Å². The van der Waals surface area contributed by atoms with E-state index in [1.165, 1.54) is 12.1 Å². The van der Waals surface area contributed by atoms with E-state index in [9.17, 15) is 14.9 Å². The molecule has 2 aromatic rings. The number of para-hydroxylation sites is 1. The summed E-state index contributed by atoms with van der Waals surface area (Å²) in [4.78, 5) is 22.3. The van der Waals surface area contributed by atoms with Crippen LogP contribution in [0, 0.1) is 17.0 Å². The third kappa shape index (κ3) is 4.05. The lowest BCUT2D eigenvalue weighted by Crippen LogP contribution is -2.20. The van der Waals surface area contributed by atoms with Gasteiger partial charge in [0.15, 0.2) is 12.4 Å². The molecule has 0 bridgehead atoms. The van der Waals surface area contributed by atoms with Gasteiger partial charge in [0.2, 0.25) is 0 Å². The largest absolute Gasteiger partial charge is 0.477 e. The SMILES string of the molecule is Cc1ccc(OCC(=O)Nc2ccccc2Br)c([N+](=O)[O-])c1. The molecular weight excluding hydrogens is 352 g/mol. The molecule has 2 aromatic carbocycles. The summed E-state index contributed by atoms with van der Waals surface area (Å²) in [7, 11) is 0. The zero-order valence-electron chi connectivity index (χ0n) is 11.7. The lowest BCUT2D eigenvalue weighted by atomic mass is 10.2. The molecule has 0 fully saturated rings. The van der Waals surface area contributed by atoms with E-state index in [1.807, 2.05) is 6.07 Å². The van der Waals surface area contributed by atoms with Crippen molar-refractivity contribution in [3.05, 3.63) is 62.6 Å². The minimum Gasteiger partial charge on any atom is -0.477 e. The minimum absolute atomic E-state index is 0.0675. The number of amides is 1. The fourth-order valence-corrected chi connectivity index (χ4v) is 2.17. The smallest absolute Gasteiger partial charge is 0.311 e. The Kier molecular flexibility index (Phi) is 5.11. The predicted molar refractivity (Wildman–Crippen MR) is 86.1 cm³/mol. The van der Waals surface area contributed by atoms with E-state index < -0.39 is 10.8 Å². The Bertz CT molecular complexity index is 718. The van der Waals surface area contributed by atoms with Crippen molar-refractivity contribution in [1.29, 1.82) is 0 Å². The van der Waals surface area contributed by atoms with Crippen molar-refractivity contribution in [1.82, 2.24) is 0 Å². The standard InChI is InChI=1S/C15H13BrN2O4/c1-10-6-7-14(13(8-10)18(20)21)22-9-15(19)17-12-5-3-2-4-11(12)16/h2-8H,9H2,1H3,(H,17,19). The molecule has 22 heavy (non-hydrogen) atoms. The molecule has 0 atom stereocenters. The molecule has 6 nitrogen and oxygen atoms in total. The van der Waals surface area contributed by atoms with Crippen molar-refractivity contribution in [2.24, 2.45) is 0 Å². The molecule has 2 rings (SSSR count).